The third kappa shape index (κ3) is 4.75. The lowest BCUT2D eigenvalue weighted by atomic mass is 9.97. The molecule has 0 bridgehead atoms. The van der Waals surface area contributed by atoms with E-state index in [1.165, 1.54) is 11.8 Å². The number of nitrogens with zero attached hydrogens (tertiary/aromatic N) is 1. The molecule has 1 aliphatic heterocycles. The SMILES string of the molecule is CCCS(=O)(=O)NC(C)C(=O)N1CCC(C(=O)O)CC1. The maximum absolute atomic E-state index is 12.1. The van der Waals surface area contributed by atoms with Gasteiger partial charge in [-0.05, 0) is 26.2 Å². The molecule has 1 amide bonds. The molecule has 1 heterocycles. The van der Waals surface area contributed by atoms with E-state index in [0.29, 0.717) is 32.4 Å². The van der Waals surface area contributed by atoms with Gasteiger partial charge in [-0.15, -0.1) is 0 Å². The number of sulfonamides is 1. The topological polar surface area (TPSA) is 104 Å². The minimum absolute atomic E-state index is 0.00823. The van der Waals surface area contributed by atoms with E-state index in [-0.39, 0.29) is 11.7 Å². The number of likely N-dealkylation sites (tertiary alicyclic amines) is 1. The van der Waals surface area contributed by atoms with E-state index in [1.54, 1.807) is 6.92 Å². The number of nitrogens with one attached hydrogen (secondary N) is 1. The van der Waals surface area contributed by atoms with Crippen LogP contribution in [0.25, 0.3) is 0 Å². The number of hydrogen-bond acceptors (Lipinski definition) is 4. The predicted molar refractivity (Wildman–Crippen MR) is 73.6 cm³/mol. The van der Waals surface area contributed by atoms with Gasteiger partial charge in [0.25, 0.3) is 0 Å². The zero-order valence-electron chi connectivity index (χ0n) is 11.8. The van der Waals surface area contributed by atoms with Gasteiger partial charge in [0.15, 0.2) is 0 Å². The van der Waals surface area contributed by atoms with Gasteiger partial charge < -0.3 is 10.0 Å². The zero-order valence-corrected chi connectivity index (χ0v) is 12.6. The summed E-state index contributed by atoms with van der Waals surface area (Å²) in [6.07, 6.45) is 1.31. The van der Waals surface area contributed by atoms with Crippen molar-refractivity contribution >= 4 is 21.9 Å². The molecule has 1 unspecified atom stereocenters. The molecule has 1 atom stereocenters. The fourth-order valence-corrected chi connectivity index (χ4v) is 3.56. The standard InChI is InChI=1S/C12H22N2O5S/c1-3-8-20(18,19)13-9(2)11(15)14-6-4-10(5-7-14)12(16)17/h9-10,13H,3-8H2,1-2H3,(H,16,17). The van der Waals surface area contributed by atoms with Crippen molar-refractivity contribution in [2.45, 2.75) is 39.2 Å². The Hall–Kier alpha value is -1.15. The fraction of sp³-hybridized carbons (Fsp3) is 0.833. The van der Waals surface area contributed by atoms with E-state index < -0.39 is 28.0 Å². The number of hydrogen-bond donors (Lipinski definition) is 2. The van der Waals surface area contributed by atoms with E-state index in [9.17, 15) is 18.0 Å². The van der Waals surface area contributed by atoms with Gasteiger partial charge >= 0.3 is 5.97 Å². The lowest BCUT2D eigenvalue weighted by Gasteiger charge is -2.32. The highest BCUT2D eigenvalue weighted by molar-refractivity contribution is 7.89. The maximum Gasteiger partial charge on any atom is 0.306 e. The second-order valence-corrected chi connectivity index (χ2v) is 6.97. The molecule has 0 spiro atoms. The average Bonchev–Trinajstić information content (AvgIpc) is 2.37. The fourth-order valence-electron chi connectivity index (χ4n) is 2.27. The van der Waals surface area contributed by atoms with Crippen LogP contribution in [0.3, 0.4) is 0 Å². The van der Waals surface area contributed by atoms with Crippen LogP contribution in [0.4, 0.5) is 0 Å². The van der Waals surface area contributed by atoms with Gasteiger partial charge in [0.1, 0.15) is 0 Å². The minimum atomic E-state index is -3.43. The van der Waals surface area contributed by atoms with Crippen molar-refractivity contribution < 1.29 is 23.1 Å². The molecule has 1 rings (SSSR count). The first-order chi connectivity index (χ1) is 9.26. The first-order valence-corrected chi connectivity index (χ1v) is 8.43. The van der Waals surface area contributed by atoms with Crippen molar-refractivity contribution in [3.8, 4) is 0 Å². The largest absolute Gasteiger partial charge is 0.481 e. The molecular formula is C12H22N2O5S. The molecule has 7 nitrogen and oxygen atoms in total. The van der Waals surface area contributed by atoms with E-state index in [2.05, 4.69) is 4.72 Å². The summed E-state index contributed by atoms with van der Waals surface area (Å²) in [6, 6.07) is -0.812. The number of piperidine rings is 1. The van der Waals surface area contributed by atoms with Crippen LogP contribution >= 0.6 is 0 Å². The Morgan fingerprint density at radius 2 is 1.90 bits per heavy atom. The van der Waals surface area contributed by atoms with E-state index >= 15 is 0 Å². The van der Waals surface area contributed by atoms with Crippen LogP contribution in [-0.2, 0) is 19.6 Å². The van der Waals surface area contributed by atoms with Crippen LogP contribution in [0.2, 0.25) is 0 Å². The van der Waals surface area contributed by atoms with E-state index in [4.69, 9.17) is 5.11 Å². The van der Waals surface area contributed by atoms with Crippen LogP contribution < -0.4 is 4.72 Å². The lowest BCUT2D eigenvalue weighted by molar-refractivity contribution is -0.146. The minimum Gasteiger partial charge on any atom is -0.481 e. The summed E-state index contributed by atoms with van der Waals surface area (Å²) in [5, 5.41) is 8.89. The first-order valence-electron chi connectivity index (χ1n) is 6.78. The monoisotopic (exact) mass is 306 g/mol. The molecule has 0 aromatic heterocycles. The van der Waals surface area contributed by atoms with Gasteiger partial charge in [-0.1, -0.05) is 6.92 Å². The Morgan fingerprint density at radius 3 is 2.35 bits per heavy atom. The molecule has 1 saturated heterocycles. The summed E-state index contributed by atoms with van der Waals surface area (Å²) in [4.78, 5) is 24.5. The van der Waals surface area contributed by atoms with Gasteiger partial charge in [0, 0.05) is 13.1 Å². The third-order valence-electron chi connectivity index (χ3n) is 3.36. The summed E-state index contributed by atoms with van der Waals surface area (Å²) < 4.78 is 25.6. The van der Waals surface area contributed by atoms with Crippen LogP contribution in [0.15, 0.2) is 0 Å². The van der Waals surface area contributed by atoms with Crippen molar-refractivity contribution in [2.75, 3.05) is 18.8 Å². The molecular weight excluding hydrogens is 284 g/mol. The van der Waals surface area contributed by atoms with Crippen molar-refractivity contribution in [3.63, 3.8) is 0 Å². The molecule has 1 fully saturated rings. The summed E-state index contributed by atoms with van der Waals surface area (Å²) in [5.74, 6) is -1.56. The summed E-state index contributed by atoms with van der Waals surface area (Å²) >= 11 is 0. The average molecular weight is 306 g/mol. The molecule has 1 aliphatic rings. The Labute approximate surface area is 119 Å². The quantitative estimate of drug-likeness (QED) is 0.720. The highest BCUT2D eigenvalue weighted by Gasteiger charge is 2.30. The lowest BCUT2D eigenvalue weighted by Crippen LogP contribution is -2.50. The summed E-state index contributed by atoms with van der Waals surface area (Å²) in [6.45, 7) is 3.98. The normalized spacial score (nSPS) is 18.8. The van der Waals surface area contributed by atoms with Crippen molar-refractivity contribution in [2.24, 2.45) is 5.92 Å². The molecule has 0 aliphatic carbocycles. The predicted octanol–water partition coefficient (Wildman–Crippen LogP) is 0.0275. The maximum atomic E-state index is 12.1. The molecule has 0 radical (unpaired) electrons. The van der Waals surface area contributed by atoms with Gasteiger partial charge in [0.05, 0.1) is 17.7 Å². The molecule has 8 heteroatoms. The number of carbonyl (C=O) groups is 2. The zero-order chi connectivity index (χ0) is 15.3. The smallest absolute Gasteiger partial charge is 0.306 e. The van der Waals surface area contributed by atoms with Crippen LogP contribution in [0, 0.1) is 5.92 Å². The van der Waals surface area contributed by atoms with Crippen LogP contribution in [0.1, 0.15) is 33.1 Å². The first kappa shape index (κ1) is 16.9. The number of carbonyl (C=O) groups excluding carboxylic acids is 1. The highest BCUT2D eigenvalue weighted by Crippen LogP contribution is 2.18. The van der Waals surface area contributed by atoms with Gasteiger partial charge in [0.2, 0.25) is 15.9 Å². The highest BCUT2D eigenvalue weighted by atomic mass is 32.2. The Morgan fingerprint density at radius 1 is 1.35 bits per heavy atom. The summed E-state index contributed by atoms with van der Waals surface area (Å²) in [5.41, 5.74) is 0. The van der Waals surface area contributed by atoms with E-state index in [0.717, 1.165) is 0 Å². The number of amides is 1. The van der Waals surface area contributed by atoms with Crippen LogP contribution in [-0.4, -0.2) is 55.2 Å². The molecule has 0 aromatic rings. The number of aliphatic carboxylic acids is 1. The van der Waals surface area contributed by atoms with Crippen molar-refractivity contribution in [1.82, 2.24) is 9.62 Å². The van der Waals surface area contributed by atoms with Gasteiger partial charge in [-0.25, -0.2) is 13.1 Å². The second-order valence-electron chi connectivity index (χ2n) is 5.10. The number of carboxylic acid groups (broad SMARTS) is 1. The Bertz CT molecular complexity index is 454. The molecule has 0 saturated carbocycles. The Kier molecular flexibility index (Phi) is 5.94. The summed E-state index contributed by atoms with van der Waals surface area (Å²) in [7, 11) is -3.43. The third-order valence-corrected chi connectivity index (χ3v) is 5.01. The number of rotatable bonds is 6. The Balaban J connectivity index is 2.52. The van der Waals surface area contributed by atoms with Crippen molar-refractivity contribution in [3.05, 3.63) is 0 Å². The molecule has 2 N–H and O–H groups in total. The molecule has 0 aromatic carbocycles. The van der Waals surface area contributed by atoms with Crippen molar-refractivity contribution in [1.29, 1.82) is 0 Å². The molecule has 116 valence electrons. The van der Waals surface area contributed by atoms with E-state index in [1.807, 2.05) is 0 Å². The number of carboxylic acids is 1. The van der Waals surface area contributed by atoms with Gasteiger partial charge in [-0.2, -0.15) is 0 Å². The molecule has 20 heavy (non-hydrogen) atoms. The van der Waals surface area contributed by atoms with Gasteiger partial charge in [-0.3, -0.25) is 9.59 Å². The van der Waals surface area contributed by atoms with Crippen LogP contribution in [0.5, 0.6) is 0 Å². The second kappa shape index (κ2) is 7.03.